The highest BCUT2D eigenvalue weighted by Gasteiger charge is 2.35. The van der Waals surface area contributed by atoms with E-state index in [9.17, 15) is 23.7 Å². The van der Waals surface area contributed by atoms with E-state index < -0.39 is 28.8 Å². The number of halogens is 2. The number of carbonyl (C=O) groups is 1. The van der Waals surface area contributed by atoms with Gasteiger partial charge in [0.1, 0.15) is 6.20 Å². The van der Waals surface area contributed by atoms with Crippen LogP contribution in [0.25, 0.3) is 0 Å². The van der Waals surface area contributed by atoms with Gasteiger partial charge in [-0.05, 0) is 24.2 Å². The Kier molecular flexibility index (Phi) is 5.05. The molecule has 1 aliphatic rings. The Bertz CT molecular complexity index is 624. The minimum atomic E-state index is -3.01. The summed E-state index contributed by atoms with van der Waals surface area (Å²) in [7, 11) is 0. The molecule has 1 aromatic rings. The molecule has 1 aliphatic heterocycles. The lowest BCUT2D eigenvalue weighted by Gasteiger charge is -2.39. The molecule has 134 valence electrons. The van der Waals surface area contributed by atoms with Crippen LogP contribution >= 0.6 is 0 Å². The molecule has 1 saturated heterocycles. The van der Waals surface area contributed by atoms with E-state index in [0.29, 0.717) is 25.9 Å². The van der Waals surface area contributed by atoms with Gasteiger partial charge in [-0.25, -0.2) is 13.6 Å². The van der Waals surface area contributed by atoms with Crippen LogP contribution in [0.5, 0.6) is 0 Å². The molecule has 0 saturated carbocycles. The number of alkyl halides is 2. The number of rotatable bonds is 5. The van der Waals surface area contributed by atoms with Crippen LogP contribution in [0, 0.1) is 21.4 Å². The Balaban J connectivity index is 2.11. The fourth-order valence-electron chi connectivity index (χ4n) is 3.20. The molecule has 0 radical (unpaired) electrons. The van der Waals surface area contributed by atoms with Crippen molar-refractivity contribution < 1.29 is 23.6 Å². The lowest BCUT2D eigenvalue weighted by atomic mass is 9.73. The van der Waals surface area contributed by atoms with Crippen molar-refractivity contribution in [3.63, 3.8) is 0 Å². The monoisotopic (exact) mass is 346 g/mol. The zero-order valence-corrected chi connectivity index (χ0v) is 13.5. The molecule has 10 heteroatoms. The van der Waals surface area contributed by atoms with E-state index in [4.69, 9.17) is 5.11 Å². The summed E-state index contributed by atoms with van der Waals surface area (Å²) in [5, 5.41) is 23.5. The van der Waals surface area contributed by atoms with Gasteiger partial charge in [-0.3, -0.25) is 14.8 Å². The predicted octanol–water partition coefficient (Wildman–Crippen LogP) is 3.15. The first-order chi connectivity index (χ1) is 11.1. The van der Waals surface area contributed by atoms with Crippen molar-refractivity contribution >= 4 is 11.8 Å². The average molecular weight is 346 g/mol. The summed E-state index contributed by atoms with van der Waals surface area (Å²) in [4.78, 5) is 22.3. The molecule has 0 spiro atoms. The number of amides is 1. The summed E-state index contributed by atoms with van der Waals surface area (Å²) in [5.74, 6) is 0.173. The van der Waals surface area contributed by atoms with Gasteiger partial charge in [0.15, 0.2) is 0 Å². The van der Waals surface area contributed by atoms with E-state index in [1.165, 1.54) is 9.58 Å². The molecule has 0 unspecified atom stereocenters. The van der Waals surface area contributed by atoms with Crippen molar-refractivity contribution in [1.82, 2.24) is 14.7 Å². The number of nitrogens with zero attached hydrogens (tertiary/aromatic N) is 4. The highest BCUT2D eigenvalue weighted by atomic mass is 19.3. The first-order valence-electron chi connectivity index (χ1n) is 7.59. The van der Waals surface area contributed by atoms with E-state index in [2.05, 4.69) is 5.10 Å². The number of hydrogen-bond acceptors (Lipinski definition) is 4. The summed E-state index contributed by atoms with van der Waals surface area (Å²) >= 11 is 0. The maximum Gasteiger partial charge on any atom is 0.407 e. The Morgan fingerprint density at radius 2 is 2.08 bits per heavy atom. The Morgan fingerprint density at radius 3 is 2.50 bits per heavy atom. The number of piperidine rings is 1. The summed E-state index contributed by atoms with van der Waals surface area (Å²) < 4.78 is 26.9. The van der Waals surface area contributed by atoms with Gasteiger partial charge in [0.25, 0.3) is 6.43 Å². The van der Waals surface area contributed by atoms with Gasteiger partial charge in [0.2, 0.25) is 5.69 Å². The lowest BCUT2D eigenvalue weighted by Crippen LogP contribution is -2.42. The molecule has 1 fully saturated rings. The Morgan fingerprint density at radius 1 is 1.50 bits per heavy atom. The minimum absolute atomic E-state index is 0.173. The summed E-state index contributed by atoms with van der Waals surface area (Å²) in [6, 6.07) is 0. The number of hydrogen-bond donors (Lipinski definition) is 1. The Labute approximate surface area is 137 Å². The zero-order valence-electron chi connectivity index (χ0n) is 13.5. The summed E-state index contributed by atoms with van der Waals surface area (Å²) in [6.45, 7) is 4.96. The average Bonchev–Trinajstić information content (AvgIpc) is 2.91. The van der Waals surface area contributed by atoms with Crippen molar-refractivity contribution in [1.29, 1.82) is 0 Å². The van der Waals surface area contributed by atoms with Crippen LogP contribution in [0.2, 0.25) is 0 Å². The quantitative estimate of drug-likeness (QED) is 0.652. The minimum Gasteiger partial charge on any atom is -0.465 e. The van der Waals surface area contributed by atoms with Gasteiger partial charge in [0.05, 0.1) is 4.92 Å². The van der Waals surface area contributed by atoms with Crippen molar-refractivity contribution in [3.05, 3.63) is 22.0 Å². The van der Waals surface area contributed by atoms with Crippen molar-refractivity contribution in [3.8, 4) is 0 Å². The number of likely N-dealkylation sites (tertiary alicyclic amines) is 1. The van der Waals surface area contributed by atoms with Gasteiger partial charge in [-0.2, -0.15) is 5.10 Å². The van der Waals surface area contributed by atoms with E-state index >= 15 is 0 Å². The van der Waals surface area contributed by atoms with Gasteiger partial charge in [-0.15, -0.1) is 0 Å². The normalized spacial score (nSPS) is 16.6. The highest BCUT2D eigenvalue weighted by molar-refractivity contribution is 5.64. The lowest BCUT2D eigenvalue weighted by molar-refractivity contribution is -0.386. The second kappa shape index (κ2) is 6.70. The fourth-order valence-corrected chi connectivity index (χ4v) is 3.20. The van der Waals surface area contributed by atoms with E-state index in [0.717, 1.165) is 6.20 Å². The molecule has 1 amide bonds. The highest BCUT2D eigenvalue weighted by Crippen LogP contribution is 2.37. The molecule has 0 bridgehead atoms. The zero-order chi connectivity index (χ0) is 18.1. The largest absolute Gasteiger partial charge is 0.465 e. The fraction of sp³-hybridized carbons (Fsp3) is 0.714. The Hall–Kier alpha value is -2.26. The van der Waals surface area contributed by atoms with E-state index in [1.54, 1.807) is 0 Å². The van der Waals surface area contributed by atoms with E-state index in [-0.39, 0.29) is 17.9 Å². The van der Waals surface area contributed by atoms with Gasteiger partial charge in [-0.1, -0.05) is 13.8 Å². The second-order valence-electron chi connectivity index (χ2n) is 6.69. The van der Waals surface area contributed by atoms with Crippen LogP contribution in [0.3, 0.4) is 0 Å². The van der Waals surface area contributed by atoms with Crippen molar-refractivity contribution in [2.75, 3.05) is 13.1 Å². The molecule has 0 atom stereocenters. The molecular weight excluding hydrogens is 326 g/mol. The van der Waals surface area contributed by atoms with Crippen LogP contribution in [-0.2, 0) is 6.54 Å². The van der Waals surface area contributed by atoms with E-state index in [1.807, 2.05) is 13.8 Å². The maximum absolute atomic E-state index is 12.9. The predicted molar refractivity (Wildman–Crippen MR) is 79.9 cm³/mol. The molecule has 0 aliphatic carbocycles. The van der Waals surface area contributed by atoms with Crippen LogP contribution < -0.4 is 0 Å². The third kappa shape index (κ3) is 3.80. The number of nitro groups is 1. The standard InChI is InChI=1S/C14H20F2N4O4/c1-14(2,9-3-5-18(6-4-9)13(21)22)8-19-7-10(20(23)24)11(17-19)12(15)16/h7,9,12H,3-6,8H2,1-2H3,(H,21,22). The SMILES string of the molecule is CC(C)(Cn1cc([N+](=O)[O-])c(C(F)F)n1)C1CCN(C(=O)O)CC1. The molecule has 1 N–H and O–H groups in total. The molecular formula is C14H20F2N4O4. The second-order valence-corrected chi connectivity index (χ2v) is 6.69. The molecule has 1 aromatic heterocycles. The van der Waals surface area contributed by atoms with Crippen molar-refractivity contribution in [2.45, 2.75) is 39.7 Å². The van der Waals surface area contributed by atoms with Crippen LogP contribution in [0.1, 0.15) is 38.8 Å². The van der Waals surface area contributed by atoms with Crippen LogP contribution in [0.15, 0.2) is 6.20 Å². The number of carboxylic acid groups (broad SMARTS) is 1. The topological polar surface area (TPSA) is 101 Å². The third-order valence-electron chi connectivity index (χ3n) is 4.61. The smallest absolute Gasteiger partial charge is 0.407 e. The maximum atomic E-state index is 12.9. The molecule has 24 heavy (non-hydrogen) atoms. The first-order valence-corrected chi connectivity index (χ1v) is 7.59. The summed E-state index contributed by atoms with van der Waals surface area (Å²) in [6.07, 6.45) is -1.60. The van der Waals surface area contributed by atoms with Gasteiger partial charge in [0, 0.05) is 19.6 Å². The molecule has 8 nitrogen and oxygen atoms in total. The summed E-state index contributed by atoms with van der Waals surface area (Å²) in [5.41, 5.74) is -1.86. The first kappa shape index (κ1) is 18.1. The van der Waals surface area contributed by atoms with Crippen molar-refractivity contribution in [2.24, 2.45) is 11.3 Å². The van der Waals surface area contributed by atoms with Gasteiger partial charge < -0.3 is 10.0 Å². The molecule has 2 heterocycles. The third-order valence-corrected chi connectivity index (χ3v) is 4.61. The van der Waals surface area contributed by atoms with Crippen LogP contribution in [0.4, 0.5) is 19.3 Å². The molecule has 0 aromatic carbocycles. The number of aromatic nitrogens is 2. The van der Waals surface area contributed by atoms with Crippen LogP contribution in [-0.4, -0.2) is 43.9 Å². The molecule has 2 rings (SSSR count). The van der Waals surface area contributed by atoms with Gasteiger partial charge >= 0.3 is 11.8 Å².